The predicted molar refractivity (Wildman–Crippen MR) is 72.7 cm³/mol. The molecule has 0 radical (unpaired) electrons. The number of carboxylic acids is 1. The zero-order valence-electron chi connectivity index (χ0n) is 11.5. The van der Waals surface area contributed by atoms with E-state index in [1.165, 1.54) is 11.1 Å². The highest BCUT2D eigenvalue weighted by atomic mass is 19.4. The SMILES string of the molecule is O=C(O)C(F)(F)F.c1cnn(-c2ccc3c(c2)CCNC3)c1. The summed E-state index contributed by atoms with van der Waals surface area (Å²) in [7, 11) is 0. The van der Waals surface area contributed by atoms with Gasteiger partial charge in [-0.1, -0.05) is 6.07 Å². The molecule has 0 spiro atoms. The number of nitrogens with one attached hydrogen (secondary N) is 1. The maximum Gasteiger partial charge on any atom is 0.490 e. The van der Waals surface area contributed by atoms with Crippen LogP contribution in [0.1, 0.15) is 11.1 Å². The number of carbonyl (C=O) groups is 1. The lowest BCUT2D eigenvalue weighted by molar-refractivity contribution is -0.192. The first-order chi connectivity index (χ1) is 10.4. The molecule has 2 aromatic rings. The van der Waals surface area contributed by atoms with Gasteiger partial charge in [0.25, 0.3) is 0 Å². The number of fused-ring (bicyclic) bond motifs is 1. The third-order valence-corrected chi connectivity index (χ3v) is 3.09. The van der Waals surface area contributed by atoms with E-state index in [1.807, 2.05) is 16.9 Å². The molecule has 0 atom stereocenters. The Morgan fingerprint density at radius 2 is 2.05 bits per heavy atom. The molecule has 0 unspecified atom stereocenters. The summed E-state index contributed by atoms with van der Waals surface area (Å²) >= 11 is 0. The Hall–Kier alpha value is -2.35. The summed E-state index contributed by atoms with van der Waals surface area (Å²) in [6.45, 7) is 2.07. The van der Waals surface area contributed by atoms with Crippen molar-refractivity contribution in [1.82, 2.24) is 15.1 Å². The number of halogens is 3. The van der Waals surface area contributed by atoms with Crippen LogP contribution in [-0.4, -0.2) is 33.6 Å². The molecular weight excluding hydrogens is 299 g/mol. The van der Waals surface area contributed by atoms with Gasteiger partial charge in [0.05, 0.1) is 5.69 Å². The molecule has 5 nitrogen and oxygen atoms in total. The Morgan fingerprint density at radius 3 is 2.64 bits per heavy atom. The van der Waals surface area contributed by atoms with Crippen molar-refractivity contribution in [3.05, 3.63) is 47.8 Å². The summed E-state index contributed by atoms with van der Waals surface area (Å²) in [4.78, 5) is 8.90. The Kier molecular flexibility index (Phi) is 4.81. The third-order valence-electron chi connectivity index (χ3n) is 3.09. The highest BCUT2D eigenvalue weighted by molar-refractivity contribution is 5.73. The smallest absolute Gasteiger partial charge is 0.475 e. The Morgan fingerprint density at radius 1 is 1.32 bits per heavy atom. The van der Waals surface area contributed by atoms with E-state index in [9.17, 15) is 13.2 Å². The maximum atomic E-state index is 10.6. The van der Waals surface area contributed by atoms with Crippen molar-refractivity contribution in [2.24, 2.45) is 0 Å². The molecule has 3 rings (SSSR count). The van der Waals surface area contributed by atoms with Gasteiger partial charge in [0.2, 0.25) is 0 Å². The lowest BCUT2D eigenvalue weighted by Crippen LogP contribution is -2.23. The molecule has 0 amide bonds. The second kappa shape index (κ2) is 6.61. The van der Waals surface area contributed by atoms with Crippen LogP contribution < -0.4 is 5.32 Å². The van der Waals surface area contributed by atoms with E-state index in [4.69, 9.17) is 9.90 Å². The van der Waals surface area contributed by atoms with Gasteiger partial charge in [0.15, 0.2) is 0 Å². The Labute approximate surface area is 124 Å². The molecule has 0 fully saturated rings. The summed E-state index contributed by atoms with van der Waals surface area (Å²) in [5.74, 6) is -2.76. The second-order valence-corrected chi connectivity index (χ2v) is 4.63. The molecule has 1 aromatic carbocycles. The van der Waals surface area contributed by atoms with E-state index in [0.717, 1.165) is 25.2 Å². The van der Waals surface area contributed by atoms with Crippen molar-refractivity contribution >= 4 is 5.97 Å². The standard InChI is InChI=1S/C12H13N3.C2HF3O2/c1-5-14-15(7-1)12-3-2-11-9-13-6-4-10(11)8-12;3-2(4,5)1(6)7/h1-3,5,7-8,13H,4,6,9H2;(H,6,7). The number of carboxylic acid groups (broad SMARTS) is 1. The van der Waals surface area contributed by atoms with E-state index in [0.29, 0.717) is 0 Å². The fraction of sp³-hybridized carbons (Fsp3) is 0.286. The van der Waals surface area contributed by atoms with Crippen LogP contribution in [0.3, 0.4) is 0 Å². The van der Waals surface area contributed by atoms with Crippen LogP contribution in [0.15, 0.2) is 36.7 Å². The molecule has 0 bridgehead atoms. The van der Waals surface area contributed by atoms with Gasteiger partial charge >= 0.3 is 12.1 Å². The van der Waals surface area contributed by atoms with Gasteiger partial charge in [-0.25, -0.2) is 9.48 Å². The van der Waals surface area contributed by atoms with Crippen LogP contribution >= 0.6 is 0 Å². The fourth-order valence-corrected chi connectivity index (χ4v) is 2.03. The maximum absolute atomic E-state index is 10.6. The molecule has 8 heteroatoms. The molecule has 118 valence electrons. The van der Waals surface area contributed by atoms with Crippen LogP contribution in [-0.2, 0) is 17.8 Å². The van der Waals surface area contributed by atoms with Crippen LogP contribution in [0.4, 0.5) is 13.2 Å². The molecule has 0 saturated heterocycles. The van der Waals surface area contributed by atoms with Crippen LogP contribution in [0, 0.1) is 0 Å². The van der Waals surface area contributed by atoms with Crippen LogP contribution in [0.5, 0.6) is 0 Å². The largest absolute Gasteiger partial charge is 0.490 e. The highest BCUT2D eigenvalue weighted by Crippen LogP contribution is 2.17. The summed E-state index contributed by atoms with van der Waals surface area (Å²) in [6.07, 6.45) is -0.186. The Balaban J connectivity index is 0.000000217. The van der Waals surface area contributed by atoms with Gasteiger partial charge in [0.1, 0.15) is 0 Å². The molecule has 22 heavy (non-hydrogen) atoms. The quantitative estimate of drug-likeness (QED) is 0.846. The third kappa shape index (κ3) is 4.08. The van der Waals surface area contributed by atoms with E-state index in [2.05, 4.69) is 28.6 Å². The van der Waals surface area contributed by atoms with E-state index in [-0.39, 0.29) is 0 Å². The van der Waals surface area contributed by atoms with E-state index < -0.39 is 12.1 Å². The zero-order valence-corrected chi connectivity index (χ0v) is 11.5. The first-order valence-electron chi connectivity index (χ1n) is 6.50. The van der Waals surface area contributed by atoms with Gasteiger partial charge in [-0.2, -0.15) is 18.3 Å². The topological polar surface area (TPSA) is 67.1 Å². The Bertz CT molecular complexity index is 639. The lowest BCUT2D eigenvalue weighted by atomic mass is 10.0. The number of nitrogens with zero attached hydrogens (tertiary/aromatic N) is 2. The van der Waals surface area contributed by atoms with Crippen molar-refractivity contribution < 1.29 is 23.1 Å². The normalized spacial score (nSPS) is 13.8. The van der Waals surface area contributed by atoms with E-state index in [1.54, 1.807) is 6.20 Å². The van der Waals surface area contributed by atoms with Crippen molar-refractivity contribution in [3.8, 4) is 5.69 Å². The van der Waals surface area contributed by atoms with Gasteiger partial charge in [-0.05, 0) is 42.3 Å². The minimum absolute atomic E-state index is 0.995. The summed E-state index contributed by atoms with van der Waals surface area (Å²) in [6, 6.07) is 8.50. The van der Waals surface area contributed by atoms with Crippen LogP contribution in [0.2, 0.25) is 0 Å². The van der Waals surface area contributed by atoms with Crippen molar-refractivity contribution in [2.45, 2.75) is 19.1 Å². The van der Waals surface area contributed by atoms with Crippen molar-refractivity contribution in [1.29, 1.82) is 0 Å². The summed E-state index contributed by atoms with van der Waals surface area (Å²) in [5.41, 5.74) is 4.01. The molecule has 0 aliphatic carbocycles. The van der Waals surface area contributed by atoms with Crippen molar-refractivity contribution in [2.75, 3.05) is 6.54 Å². The average Bonchev–Trinajstić information content (AvgIpc) is 3.00. The fourth-order valence-electron chi connectivity index (χ4n) is 2.03. The molecule has 1 aromatic heterocycles. The van der Waals surface area contributed by atoms with Gasteiger partial charge in [0, 0.05) is 18.9 Å². The number of hydrogen-bond acceptors (Lipinski definition) is 3. The number of aliphatic carboxylic acids is 1. The van der Waals surface area contributed by atoms with E-state index >= 15 is 0 Å². The minimum Gasteiger partial charge on any atom is -0.475 e. The van der Waals surface area contributed by atoms with Gasteiger partial charge < -0.3 is 10.4 Å². The number of aromatic nitrogens is 2. The molecule has 1 aliphatic heterocycles. The molecule has 0 saturated carbocycles. The average molecular weight is 313 g/mol. The summed E-state index contributed by atoms with van der Waals surface area (Å²) < 4.78 is 33.6. The predicted octanol–water partition coefficient (Wildman–Crippen LogP) is 2.15. The first kappa shape index (κ1) is 16.0. The minimum atomic E-state index is -5.08. The highest BCUT2D eigenvalue weighted by Gasteiger charge is 2.38. The second-order valence-electron chi connectivity index (χ2n) is 4.63. The lowest BCUT2D eigenvalue weighted by Gasteiger charge is -2.17. The number of benzene rings is 1. The van der Waals surface area contributed by atoms with Gasteiger partial charge in [-0.3, -0.25) is 0 Å². The van der Waals surface area contributed by atoms with Crippen LogP contribution in [0.25, 0.3) is 5.69 Å². The number of alkyl halides is 3. The zero-order chi connectivity index (χ0) is 16.2. The molecule has 1 aliphatic rings. The molecule has 2 heterocycles. The van der Waals surface area contributed by atoms with Crippen molar-refractivity contribution in [3.63, 3.8) is 0 Å². The first-order valence-corrected chi connectivity index (χ1v) is 6.50. The summed E-state index contributed by atoms with van der Waals surface area (Å²) in [5, 5.41) is 14.7. The van der Waals surface area contributed by atoms with Gasteiger partial charge in [-0.15, -0.1) is 0 Å². The number of hydrogen-bond donors (Lipinski definition) is 2. The number of rotatable bonds is 1. The molecular formula is C14H14F3N3O2. The molecule has 2 N–H and O–H groups in total. The monoisotopic (exact) mass is 313 g/mol.